The van der Waals surface area contributed by atoms with Crippen molar-refractivity contribution in [1.82, 2.24) is 0 Å². The van der Waals surface area contributed by atoms with E-state index in [1.54, 1.807) is 0 Å². The van der Waals surface area contributed by atoms with Gasteiger partial charge >= 0.3 is 5.97 Å². The second-order valence-electron chi connectivity index (χ2n) is 7.09. The third kappa shape index (κ3) is 4.42. The lowest BCUT2D eigenvalue weighted by Gasteiger charge is -2.18. The van der Waals surface area contributed by atoms with Crippen LogP contribution in [0.5, 0.6) is 5.75 Å². The van der Waals surface area contributed by atoms with Gasteiger partial charge in [-0.2, -0.15) is 0 Å². The molecule has 0 aromatic heterocycles. The van der Waals surface area contributed by atoms with Crippen molar-refractivity contribution in [3.8, 4) is 16.9 Å². The number of halogens is 4. The highest BCUT2D eigenvalue weighted by Gasteiger charge is 2.27. The number of ether oxygens (including phenoxy) is 2. The predicted molar refractivity (Wildman–Crippen MR) is 117 cm³/mol. The lowest BCUT2D eigenvalue weighted by molar-refractivity contribution is 0.0509. The topological polar surface area (TPSA) is 81.7 Å². The largest absolute Gasteiger partial charge is 0.494 e. The summed E-state index contributed by atoms with van der Waals surface area (Å²) in [7, 11) is -3.31. The van der Waals surface area contributed by atoms with Crippen LogP contribution in [0.2, 0.25) is 0 Å². The number of sulfonamides is 1. The van der Waals surface area contributed by atoms with Gasteiger partial charge in [-0.25, -0.2) is 26.4 Å². The molecule has 172 valence electrons. The molecule has 1 heterocycles. The van der Waals surface area contributed by atoms with Gasteiger partial charge in [0.2, 0.25) is 0 Å². The molecule has 4 rings (SSSR count). The number of esters is 1. The van der Waals surface area contributed by atoms with Crippen molar-refractivity contribution in [2.75, 3.05) is 18.4 Å². The fourth-order valence-corrected chi connectivity index (χ4v) is 5.50. The first kappa shape index (κ1) is 23.1. The molecule has 0 radical (unpaired) electrons. The molecule has 1 aliphatic rings. The number of cyclic esters (lactones) is 1. The summed E-state index contributed by atoms with van der Waals surface area (Å²) in [5.41, 5.74) is -0.407. The summed E-state index contributed by atoms with van der Waals surface area (Å²) in [4.78, 5) is 12.1. The molecule has 0 atom stereocenters. The summed E-state index contributed by atoms with van der Waals surface area (Å²) >= 11 is 3.16. The van der Waals surface area contributed by atoms with E-state index in [0.29, 0.717) is 11.6 Å². The average Bonchev–Trinajstić information content (AvgIpc) is 2.75. The normalized spacial score (nSPS) is 15.0. The van der Waals surface area contributed by atoms with Gasteiger partial charge in [0.25, 0.3) is 10.0 Å². The van der Waals surface area contributed by atoms with E-state index in [-0.39, 0.29) is 39.9 Å². The van der Waals surface area contributed by atoms with Crippen molar-refractivity contribution in [2.24, 2.45) is 0 Å². The molecular formula is C22H15BrF3NO5S. The third-order valence-electron chi connectivity index (χ3n) is 5.01. The first-order valence-electron chi connectivity index (χ1n) is 9.46. The molecule has 3 aromatic carbocycles. The molecule has 0 fully saturated rings. The number of carbonyl (C=O) groups excluding carboxylic acids is 1. The maximum Gasteiger partial charge on any atom is 0.338 e. The van der Waals surface area contributed by atoms with E-state index in [0.717, 1.165) is 24.3 Å². The number of anilines is 1. The fourth-order valence-electron chi connectivity index (χ4n) is 3.47. The van der Waals surface area contributed by atoms with Crippen LogP contribution in [0, 0.1) is 17.5 Å². The SMILES string of the molecule is COc1c(Br)cc2cc1S(=O)(=O)Nc1cc(c(F)cc1F)-c1cc(F)ccc1CCOC2=O. The van der Waals surface area contributed by atoms with Gasteiger partial charge in [-0.1, -0.05) is 6.07 Å². The summed E-state index contributed by atoms with van der Waals surface area (Å²) in [6.07, 6.45) is 0.101. The van der Waals surface area contributed by atoms with Crippen molar-refractivity contribution in [1.29, 1.82) is 0 Å². The fraction of sp³-hybridized carbons (Fsp3) is 0.136. The van der Waals surface area contributed by atoms with Gasteiger partial charge < -0.3 is 9.47 Å². The summed E-state index contributed by atoms with van der Waals surface area (Å²) in [5, 5.41) is 0. The molecule has 0 saturated carbocycles. The van der Waals surface area contributed by atoms with E-state index in [4.69, 9.17) is 9.47 Å². The molecule has 1 aliphatic heterocycles. The summed E-state index contributed by atoms with van der Waals surface area (Å²) in [5.74, 6) is -3.85. The Kier molecular flexibility index (Phi) is 6.10. The van der Waals surface area contributed by atoms with E-state index < -0.39 is 44.0 Å². The zero-order valence-electron chi connectivity index (χ0n) is 16.9. The van der Waals surface area contributed by atoms with Crippen molar-refractivity contribution in [3.05, 3.63) is 75.5 Å². The number of nitrogens with one attached hydrogen (secondary N) is 1. The highest BCUT2D eigenvalue weighted by Crippen LogP contribution is 2.37. The van der Waals surface area contributed by atoms with Gasteiger partial charge in [-0.15, -0.1) is 0 Å². The number of rotatable bonds is 1. The van der Waals surface area contributed by atoms with Crippen LogP contribution >= 0.6 is 15.9 Å². The second-order valence-corrected chi connectivity index (χ2v) is 9.60. The Morgan fingerprint density at radius 3 is 2.52 bits per heavy atom. The first-order valence-corrected chi connectivity index (χ1v) is 11.7. The minimum atomic E-state index is -4.53. The Hall–Kier alpha value is -3.05. The van der Waals surface area contributed by atoms with Crippen LogP contribution < -0.4 is 9.46 Å². The van der Waals surface area contributed by atoms with E-state index in [1.807, 2.05) is 0 Å². The number of carbonyl (C=O) groups is 1. The molecule has 0 spiro atoms. The van der Waals surface area contributed by atoms with Crippen LogP contribution in [0.1, 0.15) is 15.9 Å². The quantitative estimate of drug-likeness (QED) is 0.435. The second kappa shape index (κ2) is 8.71. The molecule has 4 bridgehead atoms. The van der Waals surface area contributed by atoms with E-state index >= 15 is 0 Å². The predicted octanol–water partition coefficient (Wildman–Crippen LogP) is 5.06. The summed E-state index contributed by atoms with van der Waals surface area (Å²) in [6, 6.07) is 7.40. The average molecular weight is 542 g/mol. The highest BCUT2D eigenvalue weighted by atomic mass is 79.9. The molecule has 0 unspecified atom stereocenters. The van der Waals surface area contributed by atoms with Crippen molar-refractivity contribution in [2.45, 2.75) is 11.3 Å². The van der Waals surface area contributed by atoms with Crippen molar-refractivity contribution in [3.63, 3.8) is 0 Å². The standard InChI is InChI=1S/C22H15BrF3NO5S/c1-31-21-16(23)6-12-7-20(21)33(29,30)27-19-9-15(17(25)10-18(19)26)14-8-13(24)3-2-11(14)4-5-32-22(12)28/h2-3,6-10,27H,4-5H2,1H3. The molecule has 0 amide bonds. The smallest absolute Gasteiger partial charge is 0.338 e. The van der Waals surface area contributed by atoms with Crippen LogP contribution in [0.15, 0.2) is 51.8 Å². The van der Waals surface area contributed by atoms with Gasteiger partial charge in [0, 0.05) is 18.1 Å². The van der Waals surface area contributed by atoms with Gasteiger partial charge in [0.1, 0.15) is 22.3 Å². The van der Waals surface area contributed by atoms with Crippen LogP contribution in [0.3, 0.4) is 0 Å². The van der Waals surface area contributed by atoms with Gasteiger partial charge in [-0.3, -0.25) is 4.72 Å². The monoisotopic (exact) mass is 541 g/mol. The molecule has 33 heavy (non-hydrogen) atoms. The Labute approximate surface area is 195 Å². The Morgan fingerprint density at radius 2 is 1.79 bits per heavy atom. The maximum absolute atomic E-state index is 14.7. The van der Waals surface area contributed by atoms with Crippen LogP contribution in [-0.4, -0.2) is 28.1 Å². The van der Waals surface area contributed by atoms with E-state index in [1.165, 1.54) is 19.2 Å². The highest BCUT2D eigenvalue weighted by molar-refractivity contribution is 9.10. The van der Waals surface area contributed by atoms with Crippen LogP contribution in [0.25, 0.3) is 11.1 Å². The van der Waals surface area contributed by atoms with Gasteiger partial charge in [-0.05, 0) is 57.4 Å². The van der Waals surface area contributed by atoms with Crippen molar-refractivity contribution >= 4 is 37.6 Å². The summed E-state index contributed by atoms with van der Waals surface area (Å²) < 4.78 is 82.1. The number of hydrogen-bond acceptors (Lipinski definition) is 5. The lowest BCUT2D eigenvalue weighted by Crippen LogP contribution is -2.17. The molecule has 11 heteroatoms. The van der Waals surface area contributed by atoms with E-state index in [2.05, 4.69) is 20.7 Å². The maximum atomic E-state index is 14.7. The van der Waals surface area contributed by atoms with Crippen LogP contribution in [0.4, 0.5) is 18.9 Å². The first-order chi connectivity index (χ1) is 15.6. The van der Waals surface area contributed by atoms with Crippen molar-refractivity contribution < 1.29 is 35.9 Å². The molecule has 1 N–H and O–H groups in total. The summed E-state index contributed by atoms with van der Waals surface area (Å²) in [6.45, 7) is -0.156. The Bertz CT molecular complexity index is 1400. The van der Waals surface area contributed by atoms with Crippen LogP contribution in [-0.2, 0) is 21.2 Å². The van der Waals surface area contributed by atoms with E-state index in [9.17, 15) is 26.4 Å². The zero-order valence-corrected chi connectivity index (χ0v) is 19.3. The Balaban J connectivity index is 1.99. The number of methoxy groups -OCH3 is 1. The minimum absolute atomic E-state index is 0.0694. The van der Waals surface area contributed by atoms with Gasteiger partial charge in [0.15, 0.2) is 5.75 Å². The number of fused-ring (bicyclic) bond motifs is 6. The molecule has 3 aromatic rings. The number of benzene rings is 3. The third-order valence-corrected chi connectivity index (χ3v) is 6.97. The molecule has 0 saturated heterocycles. The Morgan fingerprint density at radius 1 is 1.03 bits per heavy atom. The molecule has 6 nitrogen and oxygen atoms in total. The molecular weight excluding hydrogens is 527 g/mol. The lowest BCUT2D eigenvalue weighted by atomic mass is 9.96. The zero-order chi connectivity index (χ0) is 23.9. The number of hydrogen-bond donors (Lipinski definition) is 1. The van der Waals surface area contributed by atoms with Gasteiger partial charge in [0.05, 0.1) is 29.4 Å². The minimum Gasteiger partial charge on any atom is -0.494 e. The molecule has 0 aliphatic carbocycles.